The first-order valence-electron chi connectivity index (χ1n) is 11.6. The van der Waals surface area contributed by atoms with Gasteiger partial charge in [0.25, 0.3) is 0 Å². The molecule has 35 heavy (non-hydrogen) atoms. The molecule has 0 saturated heterocycles. The maximum Gasteiger partial charge on any atom is 0.243 e. The topological polar surface area (TPSA) is 49.4 Å². The van der Waals surface area contributed by atoms with Gasteiger partial charge in [-0.3, -0.25) is 9.59 Å². The van der Waals surface area contributed by atoms with Crippen LogP contribution in [-0.2, 0) is 22.6 Å². The average Bonchev–Trinajstić information content (AvgIpc) is 2.83. The lowest BCUT2D eigenvalue weighted by Crippen LogP contribution is -2.52. The molecule has 4 nitrogen and oxygen atoms in total. The molecule has 0 unspecified atom stereocenters. The van der Waals surface area contributed by atoms with Gasteiger partial charge in [0.2, 0.25) is 11.8 Å². The first-order valence-corrected chi connectivity index (χ1v) is 13.3. The first-order chi connectivity index (χ1) is 16.8. The molecule has 0 aliphatic rings. The van der Waals surface area contributed by atoms with Crippen molar-refractivity contribution in [2.75, 3.05) is 5.75 Å². The summed E-state index contributed by atoms with van der Waals surface area (Å²) in [7, 11) is 0. The molecule has 0 radical (unpaired) electrons. The highest BCUT2D eigenvalue weighted by Gasteiger charge is 2.31. The Kier molecular flexibility index (Phi) is 10.5. The Balaban J connectivity index is 1.90. The highest BCUT2D eigenvalue weighted by molar-refractivity contribution is 7.99. The molecular formula is C28H30Cl2N2O2S. The Morgan fingerprint density at radius 2 is 1.49 bits per heavy atom. The summed E-state index contributed by atoms with van der Waals surface area (Å²) in [5.41, 5.74) is 1.61. The normalized spacial score (nSPS) is 11.8. The maximum atomic E-state index is 13.6. The molecule has 0 heterocycles. The summed E-state index contributed by atoms with van der Waals surface area (Å²) in [5, 5.41) is 3.93. The molecule has 0 aliphatic heterocycles. The van der Waals surface area contributed by atoms with Gasteiger partial charge in [0.05, 0.1) is 0 Å². The molecule has 0 aliphatic carbocycles. The summed E-state index contributed by atoms with van der Waals surface area (Å²) in [5.74, 6) is 0.278. The molecule has 3 rings (SSSR count). The second-order valence-electron chi connectivity index (χ2n) is 8.50. The molecule has 0 bridgehead atoms. The maximum absolute atomic E-state index is 13.6. The van der Waals surface area contributed by atoms with Crippen molar-refractivity contribution in [2.24, 2.45) is 0 Å². The van der Waals surface area contributed by atoms with Crippen molar-refractivity contribution in [3.8, 4) is 0 Å². The number of carbonyl (C=O) groups excluding carboxylic acids is 2. The van der Waals surface area contributed by atoms with E-state index in [1.54, 1.807) is 34.9 Å². The van der Waals surface area contributed by atoms with Crippen LogP contribution in [0.5, 0.6) is 0 Å². The smallest absolute Gasteiger partial charge is 0.243 e. The van der Waals surface area contributed by atoms with E-state index in [2.05, 4.69) is 5.32 Å². The number of amides is 2. The number of thioether (sulfide) groups is 1. The van der Waals surface area contributed by atoms with E-state index in [0.29, 0.717) is 27.8 Å². The van der Waals surface area contributed by atoms with Crippen LogP contribution >= 0.6 is 35.0 Å². The highest BCUT2D eigenvalue weighted by Crippen LogP contribution is 2.28. The van der Waals surface area contributed by atoms with Crippen LogP contribution in [0, 0.1) is 0 Å². The van der Waals surface area contributed by atoms with Crippen molar-refractivity contribution < 1.29 is 9.59 Å². The summed E-state index contributed by atoms with van der Waals surface area (Å²) >= 11 is 14.5. The molecule has 7 heteroatoms. The molecule has 0 saturated carbocycles. The number of nitrogens with zero attached hydrogens (tertiary/aromatic N) is 1. The van der Waals surface area contributed by atoms with Gasteiger partial charge in [-0.25, -0.2) is 0 Å². The zero-order valence-corrected chi connectivity index (χ0v) is 22.2. The van der Waals surface area contributed by atoms with Gasteiger partial charge in [0.15, 0.2) is 0 Å². The molecule has 0 aromatic heterocycles. The molecule has 3 aromatic carbocycles. The number of rotatable bonds is 11. The van der Waals surface area contributed by atoms with Crippen molar-refractivity contribution >= 4 is 46.8 Å². The molecule has 184 valence electrons. The van der Waals surface area contributed by atoms with Crippen molar-refractivity contribution in [2.45, 2.75) is 50.2 Å². The van der Waals surface area contributed by atoms with Gasteiger partial charge in [0, 0.05) is 51.7 Å². The number of halogens is 2. The highest BCUT2D eigenvalue weighted by atomic mass is 35.5. The second-order valence-corrected chi connectivity index (χ2v) is 10.5. The molecule has 2 amide bonds. The molecule has 1 atom stereocenters. The van der Waals surface area contributed by atoms with E-state index in [0.717, 1.165) is 10.5 Å². The van der Waals surface area contributed by atoms with Crippen LogP contribution in [0.1, 0.15) is 31.4 Å². The first kappa shape index (κ1) is 27.1. The quantitative estimate of drug-likeness (QED) is 0.283. The van der Waals surface area contributed by atoms with Crippen LogP contribution in [0.2, 0.25) is 10.0 Å². The largest absolute Gasteiger partial charge is 0.352 e. The Morgan fingerprint density at radius 3 is 2.09 bits per heavy atom. The van der Waals surface area contributed by atoms with E-state index < -0.39 is 6.04 Å². The van der Waals surface area contributed by atoms with Crippen LogP contribution in [0.15, 0.2) is 83.8 Å². The van der Waals surface area contributed by atoms with Crippen LogP contribution in [0.25, 0.3) is 0 Å². The zero-order chi connectivity index (χ0) is 25.2. The summed E-state index contributed by atoms with van der Waals surface area (Å²) in [6.45, 7) is 3.96. The van der Waals surface area contributed by atoms with E-state index >= 15 is 0 Å². The Morgan fingerprint density at radius 1 is 0.886 bits per heavy atom. The molecule has 0 spiro atoms. The number of benzene rings is 3. The minimum absolute atomic E-state index is 0.0599. The van der Waals surface area contributed by atoms with Crippen molar-refractivity contribution in [1.82, 2.24) is 10.2 Å². The van der Waals surface area contributed by atoms with Gasteiger partial charge in [-0.2, -0.15) is 0 Å². The number of hydrogen-bond donors (Lipinski definition) is 1. The summed E-state index contributed by atoms with van der Waals surface area (Å²) < 4.78 is 0. The van der Waals surface area contributed by atoms with Crippen LogP contribution < -0.4 is 5.32 Å². The van der Waals surface area contributed by atoms with Gasteiger partial charge in [-0.05, 0) is 43.7 Å². The monoisotopic (exact) mass is 528 g/mol. The van der Waals surface area contributed by atoms with Crippen molar-refractivity contribution in [3.63, 3.8) is 0 Å². The lowest BCUT2D eigenvalue weighted by molar-refractivity contribution is -0.141. The molecule has 3 aromatic rings. The predicted octanol–water partition coefficient (Wildman–Crippen LogP) is 6.64. The third-order valence-electron chi connectivity index (χ3n) is 5.42. The average molecular weight is 530 g/mol. The zero-order valence-electron chi connectivity index (χ0n) is 19.9. The van der Waals surface area contributed by atoms with E-state index in [-0.39, 0.29) is 30.8 Å². The number of carbonyl (C=O) groups is 2. The van der Waals surface area contributed by atoms with Crippen LogP contribution in [0.3, 0.4) is 0 Å². The minimum Gasteiger partial charge on any atom is -0.352 e. The van der Waals surface area contributed by atoms with E-state index in [9.17, 15) is 9.59 Å². The van der Waals surface area contributed by atoms with E-state index in [1.165, 1.54) is 0 Å². The SMILES string of the molecule is CC(C)NC(=O)[C@H](Cc1ccccc1)N(Cc1c(Cl)cccc1Cl)C(=O)CCSc1ccccc1. The van der Waals surface area contributed by atoms with Crippen LogP contribution in [0.4, 0.5) is 0 Å². The fraction of sp³-hybridized carbons (Fsp3) is 0.286. The van der Waals surface area contributed by atoms with Gasteiger partial charge >= 0.3 is 0 Å². The summed E-state index contributed by atoms with van der Waals surface area (Å²) in [4.78, 5) is 29.7. The lowest BCUT2D eigenvalue weighted by atomic mass is 10.0. The Bertz CT molecular complexity index is 1090. The second kappa shape index (κ2) is 13.6. The summed E-state index contributed by atoms with van der Waals surface area (Å²) in [6, 6.07) is 24.2. The third kappa shape index (κ3) is 8.31. The van der Waals surface area contributed by atoms with Crippen LogP contribution in [-0.4, -0.2) is 34.6 Å². The van der Waals surface area contributed by atoms with Gasteiger partial charge in [-0.15, -0.1) is 11.8 Å². The molecular weight excluding hydrogens is 499 g/mol. The standard InChI is InChI=1S/C28H30Cl2N2O2S/c1-20(2)31-28(34)26(18-21-10-5-3-6-11-21)32(19-23-24(29)14-9-15-25(23)30)27(33)16-17-35-22-12-7-4-8-13-22/h3-15,20,26H,16-19H2,1-2H3,(H,31,34)/t26-/m0/s1. The van der Waals surface area contributed by atoms with Gasteiger partial charge in [-0.1, -0.05) is 77.8 Å². The Labute approximate surface area is 222 Å². The molecule has 1 N–H and O–H groups in total. The van der Waals surface area contributed by atoms with Gasteiger partial charge < -0.3 is 10.2 Å². The van der Waals surface area contributed by atoms with Crippen molar-refractivity contribution in [1.29, 1.82) is 0 Å². The fourth-order valence-electron chi connectivity index (χ4n) is 3.70. The van der Waals surface area contributed by atoms with Crippen molar-refractivity contribution in [3.05, 3.63) is 100 Å². The third-order valence-corrected chi connectivity index (χ3v) is 7.14. The lowest BCUT2D eigenvalue weighted by Gasteiger charge is -2.32. The summed E-state index contributed by atoms with van der Waals surface area (Å²) in [6.07, 6.45) is 0.668. The fourth-order valence-corrected chi connectivity index (χ4v) is 5.08. The number of hydrogen-bond acceptors (Lipinski definition) is 3. The number of nitrogens with one attached hydrogen (secondary N) is 1. The van der Waals surface area contributed by atoms with E-state index in [1.807, 2.05) is 74.5 Å². The predicted molar refractivity (Wildman–Crippen MR) is 146 cm³/mol. The Hall–Kier alpha value is -2.47. The van der Waals surface area contributed by atoms with E-state index in [4.69, 9.17) is 23.2 Å². The van der Waals surface area contributed by atoms with Gasteiger partial charge in [0.1, 0.15) is 6.04 Å². The molecule has 0 fully saturated rings. The minimum atomic E-state index is -0.707.